The molecule has 0 aromatic rings. The minimum Gasteiger partial charge on any atom is -0.369 e. The van der Waals surface area contributed by atoms with E-state index in [2.05, 4.69) is 27.8 Å². The summed E-state index contributed by atoms with van der Waals surface area (Å²) in [6.45, 7) is 12.2. The molecule has 104 valence electrons. The van der Waals surface area contributed by atoms with Crippen LogP contribution < -0.4 is 11.1 Å². The molecule has 4 nitrogen and oxygen atoms in total. The van der Waals surface area contributed by atoms with Gasteiger partial charge in [0.25, 0.3) is 0 Å². The second-order valence-corrected chi connectivity index (χ2v) is 4.44. The Labute approximate surface area is 118 Å². The largest absolute Gasteiger partial charge is 0.369 e. The summed E-state index contributed by atoms with van der Waals surface area (Å²) in [4.78, 5) is 21.0. The van der Waals surface area contributed by atoms with Crippen LogP contribution in [0.25, 0.3) is 0 Å². The summed E-state index contributed by atoms with van der Waals surface area (Å²) in [7, 11) is 0. The van der Waals surface area contributed by atoms with Crippen molar-refractivity contribution in [3.8, 4) is 0 Å². The van der Waals surface area contributed by atoms with Gasteiger partial charge in [-0.05, 0) is 20.3 Å². The zero-order chi connectivity index (χ0) is 14.7. The number of halogens is 1. The van der Waals surface area contributed by atoms with Crippen molar-refractivity contribution < 1.29 is 9.59 Å². The molecule has 1 heterocycles. The Morgan fingerprint density at radius 3 is 2.11 bits per heavy atom. The van der Waals surface area contributed by atoms with Gasteiger partial charge in [-0.25, -0.2) is 0 Å². The molecular formula is C13H23BrN2O2. The molecule has 1 fully saturated rings. The molecule has 0 radical (unpaired) electrons. The van der Waals surface area contributed by atoms with Gasteiger partial charge in [-0.3, -0.25) is 9.59 Å². The lowest BCUT2D eigenvalue weighted by atomic mass is 10.1. The van der Waals surface area contributed by atoms with Gasteiger partial charge in [-0.1, -0.05) is 48.0 Å². The highest BCUT2D eigenvalue weighted by Gasteiger charge is 2.28. The predicted octanol–water partition coefficient (Wildman–Crippen LogP) is 2.50. The SMILES string of the molecule is C=CC(Br)=C(C)C.CC.NC(=O)[C@@H]1CCNC1=O. The topological polar surface area (TPSA) is 72.2 Å². The number of nitrogens with two attached hydrogens (primary N) is 1. The summed E-state index contributed by atoms with van der Waals surface area (Å²) in [5.41, 5.74) is 6.15. The molecule has 1 aliphatic heterocycles. The molecule has 1 rings (SSSR count). The van der Waals surface area contributed by atoms with Crippen molar-refractivity contribution in [2.45, 2.75) is 34.1 Å². The minimum absolute atomic E-state index is 0.234. The van der Waals surface area contributed by atoms with E-state index in [1.807, 2.05) is 27.7 Å². The Morgan fingerprint density at radius 2 is 2.00 bits per heavy atom. The Balaban J connectivity index is 0. The summed E-state index contributed by atoms with van der Waals surface area (Å²) in [6.07, 6.45) is 2.34. The van der Waals surface area contributed by atoms with Gasteiger partial charge in [0.15, 0.2) is 0 Å². The average molecular weight is 319 g/mol. The van der Waals surface area contributed by atoms with Gasteiger partial charge < -0.3 is 11.1 Å². The number of primary amides is 1. The van der Waals surface area contributed by atoms with Crippen molar-refractivity contribution in [1.29, 1.82) is 0 Å². The van der Waals surface area contributed by atoms with E-state index < -0.39 is 11.8 Å². The number of allylic oxidation sites excluding steroid dienone is 3. The zero-order valence-electron chi connectivity index (χ0n) is 11.5. The third-order valence-corrected chi connectivity index (χ3v) is 3.17. The molecule has 0 aromatic heterocycles. The van der Waals surface area contributed by atoms with Crippen molar-refractivity contribution >= 4 is 27.7 Å². The molecule has 0 aromatic carbocycles. The molecule has 0 bridgehead atoms. The number of nitrogens with one attached hydrogen (secondary N) is 1. The van der Waals surface area contributed by atoms with Crippen LogP contribution in [-0.4, -0.2) is 18.4 Å². The third kappa shape index (κ3) is 8.06. The van der Waals surface area contributed by atoms with Gasteiger partial charge in [0.2, 0.25) is 11.8 Å². The molecule has 0 saturated carbocycles. The van der Waals surface area contributed by atoms with Crippen LogP contribution in [0, 0.1) is 5.92 Å². The second kappa shape index (κ2) is 11.0. The lowest BCUT2D eigenvalue weighted by Crippen LogP contribution is -2.30. The summed E-state index contributed by atoms with van der Waals surface area (Å²) in [6, 6.07) is 0. The van der Waals surface area contributed by atoms with Crippen molar-refractivity contribution in [2.24, 2.45) is 11.7 Å². The van der Waals surface area contributed by atoms with E-state index in [9.17, 15) is 9.59 Å². The maximum Gasteiger partial charge on any atom is 0.232 e. The highest BCUT2D eigenvalue weighted by atomic mass is 79.9. The maximum atomic E-state index is 10.6. The van der Waals surface area contributed by atoms with Gasteiger partial charge in [-0.15, -0.1) is 0 Å². The molecule has 3 N–H and O–H groups in total. The van der Waals surface area contributed by atoms with Gasteiger partial charge in [0.05, 0.1) is 0 Å². The van der Waals surface area contributed by atoms with Crippen molar-refractivity contribution in [3.63, 3.8) is 0 Å². The number of carbonyl (C=O) groups excluding carboxylic acids is 2. The minimum atomic E-state index is -0.579. The van der Waals surface area contributed by atoms with E-state index in [0.717, 1.165) is 4.48 Å². The van der Waals surface area contributed by atoms with Crippen LogP contribution in [0.5, 0.6) is 0 Å². The number of amides is 2. The smallest absolute Gasteiger partial charge is 0.232 e. The standard InChI is InChI=1S/C6H9Br.C5H8N2O2.C2H6/c1-4-6(7)5(2)3;6-4(8)3-1-2-7-5(3)9;1-2/h4H,1H2,2-3H3;3H,1-2H2,(H2,6,8)(H,7,9);1-2H3/t;3-;/m.0./s1. The summed E-state index contributed by atoms with van der Waals surface area (Å²) < 4.78 is 1.09. The molecule has 0 spiro atoms. The normalized spacial score (nSPS) is 16.3. The number of carbonyl (C=O) groups is 2. The lowest BCUT2D eigenvalue weighted by Gasteiger charge is -1.96. The molecule has 5 heteroatoms. The summed E-state index contributed by atoms with van der Waals surface area (Å²) >= 11 is 3.30. The number of hydrogen-bond donors (Lipinski definition) is 2. The van der Waals surface area contributed by atoms with E-state index in [4.69, 9.17) is 5.73 Å². The Hall–Kier alpha value is -1.10. The average Bonchev–Trinajstić information content (AvgIpc) is 2.77. The van der Waals surface area contributed by atoms with Crippen LogP contribution in [-0.2, 0) is 9.59 Å². The molecule has 18 heavy (non-hydrogen) atoms. The second-order valence-electron chi connectivity index (χ2n) is 3.59. The summed E-state index contributed by atoms with van der Waals surface area (Å²) in [5.74, 6) is -1.34. The predicted molar refractivity (Wildman–Crippen MR) is 79.2 cm³/mol. The van der Waals surface area contributed by atoms with Crippen LogP contribution in [0.2, 0.25) is 0 Å². The van der Waals surface area contributed by atoms with Crippen LogP contribution in [0.15, 0.2) is 22.7 Å². The van der Waals surface area contributed by atoms with Crippen molar-refractivity contribution in [3.05, 3.63) is 22.7 Å². The first-order valence-electron chi connectivity index (χ1n) is 5.92. The maximum absolute atomic E-state index is 10.6. The Bertz CT molecular complexity index is 321. The van der Waals surface area contributed by atoms with E-state index in [-0.39, 0.29) is 5.91 Å². The van der Waals surface area contributed by atoms with E-state index in [0.29, 0.717) is 13.0 Å². The Kier molecular flexibility index (Phi) is 11.8. The molecule has 0 aliphatic carbocycles. The van der Waals surface area contributed by atoms with Gasteiger partial charge in [0, 0.05) is 11.0 Å². The molecule has 1 atom stereocenters. The fourth-order valence-corrected chi connectivity index (χ4v) is 1.07. The van der Waals surface area contributed by atoms with E-state index in [1.54, 1.807) is 6.08 Å². The highest BCUT2D eigenvalue weighted by molar-refractivity contribution is 9.11. The van der Waals surface area contributed by atoms with Crippen molar-refractivity contribution in [2.75, 3.05) is 6.54 Å². The van der Waals surface area contributed by atoms with Gasteiger partial charge >= 0.3 is 0 Å². The fraction of sp³-hybridized carbons (Fsp3) is 0.538. The van der Waals surface area contributed by atoms with Crippen LogP contribution >= 0.6 is 15.9 Å². The zero-order valence-corrected chi connectivity index (χ0v) is 13.1. The first kappa shape index (κ1) is 19.2. The van der Waals surface area contributed by atoms with E-state index >= 15 is 0 Å². The van der Waals surface area contributed by atoms with Gasteiger partial charge in [-0.2, -0.15) is 0 Å². The quantitative estimate of drug-likeness (QED) is 0.606. The molecular weight excluding hydrogens is 296 g/mol. The monoisotopic (exact) mass is 318 g/mol. The summed E-state index contributed by atoms with van der Waals surface area (Å²) in [5, 5.41) is 2.51. The molecule has 0 unspecified atom stereocenters. The molecule has 1 saturated heterocycles. The first-order chi connectivity index (χ1) is 8.40. The molecule has 2 amide bonds. The first-order valence-corrected chi connectivity index (χ1v) is 6.71. The molecule has 1 aliphatic rings. The lowest BCUT2D eigenvalue weighted by molar-refractivity contribution is -0.131. The number of rotatable bonds is 2. The Morgan fingerprint density at radius 1 is 1.50 bits per heavy atom. The van der Waals surface area contributed by atoms with Crippen molar-refractivity contribution in [1.82, 2.24) is 5.32 Å². The van der Waals surface area contributed by atoms with Crippen LogP contribution in [0.3, 0.4) is 0 Å². The van der Waals surface area contributed by atoms with Gasteiger partial charge in [0.1, 0.15) is 5.92 Å². The number of hydrogen-bond acceptors (Lipinski definition) is 2. The third-order valence-electron chi connectivity index (χ3n) is 2.05. The van der Waals surface area contributed by atoms with Crippen LogP contribution in [0.1, 0.15) is 34.1 Å². The fourth-order valence-electron chi connectivity index (χ4n) is 1.07. The van der Waals surface area contributed by atoms with Crippen LogP contribution in [0.4, 0.5) is 0 Å². The highest BCUT2D eigenvalue weighted by Crippen LogP contribution is 2.10. The van der Waals surface area contributed by atoms with E-state index in [1.165, 1.54) is 5.57 Å².